The second-order valence-corrected chi connectivity index (χ2v) is 6.54. The Labute approximate surface area is 160 Å². The quantitative estimate of drug-likeness (QED) is 0.581. The highest BCUT2D eigenvalue weighted by Gasteiger charge is 2.20. The molecule has 4 aromatic rings. The van der Waals surface area contributed by atoms with Gasteiger partial charge in [-0.2, -0.15) is 5.10 Å². The highest BCUT2D eigenvalue weighted by Crippen LogP contribution is 2.25. The Balaban J connectivity index is 1.33. The molecule has 28 heavy (non-hydrogen) atoms. The van der Waals surface area contributed by atoms with Crippen LogP contribution in [0.4, 0.5) is 4.39 Å². The number of nitrogens with one attached hydrogen (secondary N) is 1. The number of halogens is 1. The topological polar surface area (TPSA) is 70.3 Å². The first-order chi connectivity index (χ1) is 13.8. The minimum atomic E-state index is -0.308. The van der Waals surface area contributed by atoms with Crippen LogP contribution in [0, 0.1) is 5.82 Å². The number of hydrazone groups is 1. The minimum absolute atomic E-state index is 0.308. The Bertz CT molecular complexity index is 1150. The van der Waals surface area contributed by atoms with Crippen LogP contribution in [0.1, 0.15) is 17.1 Å². The molecule has 0 bridgehead atoms. The molecule has 5 rings (SSSR count). The van der Waals surface area contributed by atoms with Crippen molar-refractivity contribution in [2.75, 3.05) is 0 Å². The summed E-state index contributed by atoms with van der Waals surface area (Å²) in [4.78, 5) is 7.69. The van der Waals surface area contributed by atoms with E-state index >= 15 is 0 Å². The third-order valence-electron chi connectivity index (χ3n) is 4.59. The number of rotatable bonds is 4. The molecule has 0 amide bonds. The van der Waals surface area contributed by atoms with Crippen molar-refractivity contribution in [1.29, 1.82) is 0 Å². The highest BCUT2D eigenvalue weighted by molar-refractivity contribution is 5.80. The predicted octanol–water partition coefficient (Wildman–Crippen LogP) is 4.22. The van der Waals surface area contributed by atoms with Crippen molar-refractivity contribution in [2.45, 2.75) is 13.1 Å². The zero-order valence-corrected chi connectivity index (χ0v) is 14.8. The molecule has 0 fully saturated rings. The minimum Gasteiger partial charge on any atom is -0.359 e. The maximum atomic E-state index is 14.0. The number of H-pyrrole nitrogens is 1. The standard InChI is InChI=1S/C21H16FN5O/c22-17-9-5-4-8-16(17)21-24-19-11-23-27(13-20(19)25-21)12-15-10-18(26-28-15)14-6-2-1-3-7-14/h1-11H,12-13H2,(H,24,25). The Morgan fingerprint density at radius 3 is 2.75 bits per heavy atom. The van der Waals surface area contributed by atoms with Gasteiger partial charge in [-0.15, -0.1) is 0 Å². The first kappa shape index (κ1) is 16.4. The average molecular weight is 373 g/mol. The fraction of sp³-hybridized carbons (Fsp3) is 0.0952. The monoisotopic (exact) mass is 373 g/mol. The van der Waals surface area contributed by atoms with Crippen molar-refractivity contribution in [3.05, 3.63) is 83.6 Å². The van der Waals surface area contributed by atoms with E-state index in [9.17, 15) is 4.39 Å². The van der Waals surface area contributed by atoms with E-state index in [2.05, 4.69) is 20.2 Å². The summed E-state index contributed by atoms with van der Waals surface area (Å²) in [5.74, 6) is 0.907. The third kappa shape index (κ3) is 3.07. The smallest absolute Gasteiger partial charge is 0.158 e. The lowest BCUT2D eigenvalue weighted by Gasteiger charge is -2.19. The lowest BCUT2D eigenvalue weighted by molar-refractivity contribution is 0.229. The summed E-state index contributed by atoms with van der Waals surface area (Å²) in [5, 5.41) is 10.4. The summed E-state index contributed by atoms with van der Waals surface area (Å²) in [6.45, 7) is 0.968. The fourth-order valence-corrected chi connectivity index (χ4v) is 3.19. The van der Waals surface area contributed by atoms with E-state index in [1.165, 1.54) is 6.07 Å². The molecular weight excluding hydrogens is 357 g/mol. The summed E-state index contributed by atoms with van der Waals surface area (Å²) in [6.07, 6.45) is 1.70. The molecule has 3 heterocycles. The number of fused-ring (bicyclic) bond motifs is 1. The van der Waals surface area contributed by atoms with Crippen molar-refractivity contribution in [2.24, 2.45) is 5.10 Å². The lowest BCUT2D eigenvalue weighted by Crippen LogP contribution is -2.21. The van der Waals surface area contributed by atoms with Gasteiger partial charge in [0.05, 0.1) is 36.3 Å². The first-order valence-corrected chi connectivity index (χ1v) is 8.90. The Morgan fingerprint density at radius 1 is 1.07 bits per heavy atom. The maximum Gasteiger partial charge on any atom is 0.158 e. The Hall–Kier alpha value is -3.74. The molecule has 0 unspecified atom stereocenters. The van der Waals surface area contributed by atoms with Crippen molar-refractivity contribution in [3.8, 4) is 22.6 Å². The summed E-state index contributed by atoms with van der Waals surface area (Å²) in [7, 11) is 0. The summed E-state index contributed by atoms with van der Waals surface area (Å²) in [5.41, 5.74) is 3.84. The number of hydrogen-bond acceptors (Lipinski definition) is 5. The molecule has 0 saturated carbocycles. The molecule has 1 aliphatic heterocycles. The van der Waals surface area contributed by atoms with Gasteiger partial charge in [0, 0.05) is 11.6 Å². The van der Waals surface area contributed by atoms with Gasteiger partial charge < -0.3 is 9.51 Å². The zero-order valence-electron chi connectivity index (χ0n) is 14.8. The number of aromatic nitrogens is 3. The molecule has 0 radical (unpaired) electrons. The van der Waals surface area contributed by atoms with Gasteiger partial charge in [-0.25, -0.2) is 9.37 Å². The first-order valence-electron chi connectivity index (χ1n) is 8.90. The van der Waals surface area contributed by atoms with Gasteiger partial charge >= 0.3 is 0 Å². The molecule has 138 valence electrons. The molecule has 0 spiro atoms. The molecule has 7 heteroatoms. The van der Waals surface area contributed by atoms with Gasteiger partial charge in [0.25, 0.3) is 0 Å². The van der Waals surface area contributed by atoms with Crippen LogP contribution in [0.2, 0.25) is 0 Å². The zero-order chi connectivity index (χ0) is 18.9. The molecular formula is C21H16FN5O. The number of hydrogen-bond donors (Lipinski definition) is 1. The predicted molar refractivity (Wildman–Crippen MR) is 103 cm³/mol. The third-order valence-corrected chi connectivity index (χ3v) is 4.59. The van der Waals surface area contributed by atoms with Crippen molar-refractivity contribution < 1.29 is 8.91 Å². The second kappa shape index (κ2) is 6.77. The van der Waals surface area contributed by atoms with E-state index in [-0.39, 0.29) is 5.82 Å². The van der Waals surface area contributed by atoms with E-state index in [1.807, 2.05) is 41.4 Å². The van der Waals surface area contributed by atoms with E-state index in [4.69, 9.17) is 4.52 Å². The van der Waals surface area contributed by atoms with Crippen LogP contribution in [0.3, 0.4) is 0 Å². The van der Waals surface area contributed by atoms with Crippen molar-refractivity contribution >= 4 is 6.21 Å². The van der Waals surface area contributed by atoms with Gasteiger partial charge in [-0.3, -0.25) is 5.01 Å². The Morgan fingerprint density at radius 2 is 1.89 bits per heavy atom. The molecule has 0 aliphatic carbocycles. The van der Waals surface area contributed by atoms with Crippen molar-refractivity contribution in [1.82, 2.24) is 20.1 Å². The van der Waals surface area contributed by atoms with E-state index in [1.54, 1.807) is 24.4 Å². The van der Waals surface area contributed by atoms with Gasteiger partial charge in [-0.05, 0) is 12.1 Å². The average Bonchev–Trinajstić information content (AvgIpc) is 3.36. The number of aromatic amines is 1. The normalized spacial score (nSPS) is 13.0. The van der Waals surface area contributed by atoms with E-state index in [0.29, 0.717) is 30.2 Å². The maximum absolute atomic E-state index is 14.0. The van der Waals surface area contributed by atoms with Gasteiger partial charge in [0.1, 0.15) is 17.3 Å². The molecule has 1 N–H and O–H groups in total. The van der Waals surface area contributed by atoms with Gasteiger partial charge in [-0.1, -0.05) is 47.6 Å². The van der Waals surface area contributed by atoms with Crippen LogP contribution in [0.5, 0.6) is 0 Å². The van der Waals surface area contributed by atoms with E-state index < -0.39 is 0 Å². The second-order valence-electron chi connectivity index (χ2n) is 6.54. The van der Waals surface area contributed by atoms with Crippen LogP contribution in [0.25, 0.3) is 22.6 Å². The number of nitrogens with zero attached hydrogens (tertiary/aromatic N) is 4. The van der Waals surface area contributed by atoms with Crippen molar-refractivity contribution in [3.63, 3.8) is 0 Å². The number of benzene rings is 2. The summed E-state index contributed by atoms with van der Waals surface area (Å²) < 4.78 is 19.5. The largest absolute Gasteiger partial charge is 0.359 e. The molecule has 2 aromatic carbocycles. The Kier molecular flexibility index (Phi) is 3.97. The summed E-state index contributed by atoms with van der Waals surface area (Å²) in [6, 6.07) is 18.3. The van der Waals surface area contributed by atoms with Crippen LogP contribution in [0.15, 0.2) is 70.3 Å². The van der Waals surface area contributed by atoms with Crippen LogP contribution in [-0.2, 0) is 13.1 Å². The van der Waals surface area contributed by atoms with E-state index in [0.717, 1.165) is 22.6 Å². The molecule has 0 saturated heterocycles. The van der Waals surface area contributed by atoms with Gasteiger partial charge in [0.2, 0.25) is 0 Å². The van der Waals surface area contributed by atoms with Crippen LogP contribution < -0.4 is 0 Å². The number of imidazole rings is 1. The molecule has 1 aliphatic rings. The van der Waals surface area contributed by atoms with Crippen LogP contribution in [-0.4, -0.2) is 26.3 Å². The summed E-state index contributed by atoms with van der Waals surface area (Å²) >= 11 is 0. The molecule has 6 nitrogen and oxygen atoms in total. The lowest BCUT2D eigenvalue weighted by atomic mass is 10.1. The SMILES string of the molecule is Fc1ccccc1-c1nc2c([nH]1)C=NN(Cc1cc(-c3ccccc3)no1)C2. The molecule has 0 atom stereocenters. The molecule has 2 aromatic heterocycles. The van der Waals surface area contributed by atoms with Gasteiger partial charge in [0.15, 0.2) is 5.76 Å². The van der Waals surface area contributed by atoms with Crippen LogP contribution >= 0.6 is 0 Å². The fourth-order valence-electron chi connectivity index (χ4n) is 3.19. The highest BCUT2D eigenvalue weighted by atomic mass is 19.1.